The van der Waals surface area contributed by atoms with Crippen LogP contribution in [0.15, 0.2) is 42.5 Å². The smallest absolute Gasteiger partial charge is 0.00178 e. The Kier molecular flexibility index (Phi) is 2.38. The van der Waals surface area contributed by atoms with Crippen molar-refractivity contribution in [1.82, 2.24) is 0 Å². The Labute approximate surface area is 132 Å². The van der Waals surface area contributed by atoms with Gasteiger partial charge in [-0.2, -0.15) is 0 Å². The Morgan fingerprint density at radius 2 is 1.36 bits per heavy atom. The summed E-state index contributed by atoms with van der Waals surface area (Å²) < 4.78 is 0. The van der Waals surface area contributed by atoms with Gasteiger partial charge in [0.15, 0.2) is 0 Å². The molecule has 0 aromatic heterocycles. The fourth-order valence-corrected chi connectivity index (χ4v) is 5.21. The van der Waals surface area contributed by atoms with Crippen molar-refractivity contribution >= 4 is 0 Å². The molecule has 5 rings (SSSR count). The van der Waals surface area contributed by atoms with Crippen LogP contribution in [0.25, 0.3) is 11.1 Å². The van der Waals surface area contributed by atoms with Gasteiger partial charge in [-0.25, -0.2) is 0 Å². The third-order valence-corrected chi connectivity index (χ3v) is 6.34. The number of allylic oxidation sites excluding steroid dienone is 2. The molecule has 2 aromatic carbocycles. The van der Waals surface area contributed by atoms with E-state index in [1.165, 1.54) is 34.2 Å². The largest absolute Gasteiger partial charge is 0.0845 e. The van der Waals surface area contributed by atoms with Crippen molar-refractivity contribution < 1.29 is 0 Å². The number of hydrogen-bond acceptors (Lipinski definition) is 0. The Morgan fingerprint density at radius 3 is 2.14 bits per heavy atom. The molecule has 22 heavy (non-hydrogen) atoms. The minimum Gasteiger partial charge on any atom is -0.0845 e. The van der Waals surface area contributed by atoms with E-state index in [1.54, 1.807) is 11.1 Å². The summed E-state index contributed by atoms with van der Waals surface area (Å²) in [5.41, 5.74) is 10.5. The molecule has 0 aliphatic heterocycles. The molecule has 0 saturated heterocycles. The van der Waals surface area contributed by atoms with Gasteiger partial charge in [0.05, 0.1) is 0 Å². The second-order valence-corrected chi connectivity index (χ2v) is 7.61. The summed E-state index contributed by atoms with van der Waals surface area (Å²) in [5, 5.41) is 0. The first-order valence-electron chi connectivity index (χ1n) is 8.54. The SMILES string of the molecule is Cc1ccc2c(c1)-c1cc(C)c(C)cc1C1C3C=CC(C3)C21. The number of rotatable bonds is 0. The van der Waals surface area contributed by atoms with Gasteiger partial charge in [-0.15, -0.1) is 0 Å². The fraction of sp³-hybridized carbons (Fsp3) is 0.364. The molecule has 4 atom stereocenters. The van der Waals surface area contributed by atoms with Crippen LogP contribution >= 0.6 is 0 Å². The molecule has 110 valence electrons. The van der Waals surface area contributed by atoms with Crippen molar-refractivity contribution in [3.05, 3.63) is 70.3 Å². The van der Waals surface area contributed by atoms with Crippen molar-refractivity contribution in [3.63, 3.8) is 0 Å². The van der Waals surface area contributed by atoms with Crippen LogP contribution in [0, 0.1) is 32.6 Å². The molecule has 0 amide bonds. The lowest BCUT2D eigenvalue weighted by molar-refractivity contribution is 0.503. The zero-order valence-electron chi connectivity index (χ0n) is 13.6. The molecule has 1 fully saturated rings. The van der Waals surface area contributed by atoms with E-state index in [2.05, 4.69) is 63.3 Å². The van der Waals surface area contributed by atoms with E-state index in [4.69, 9.17) is 0 Å². The first-order valence-corrected chi connectivity index (χ1v) is 8.54. The van der Waals surface area contributed by atoms with Gasteiger partial charge in [-0.3, -0.25) is 0 Å². The van der Waals surface area contributed by atoms with Gasteiger partial charge < -0.3 is 0 Å². The first kappa shape index (κ1) is 12.7. The highest BCUT2D eigenvalue weighted by Gasteiger charge is 2.49. The summed E-state index contributed by atoms with van der Waals surface area (Å²) in [6.45, 7) is 6.73. The summed E-state index contributed by atoms with van der Waals surface area (Å²) in [7, 11) is 0. The van der Waals surface area contributed by atoms with Gasteiger partial charge in [-0.05, 0) is 84.2 Å². The van der Waals surface area contributed by atoms with Crippen LogP contribution in [0.1, 0.15) is 46.1 Å². The second-order valence-electron chi connectivity index (χ2n) is 7.61. The maximum Gasteiger partial charge on any atom is -0.00178 e. The quantitative estimate of drug-likeness (QED) is 0.548. The van der Waals surface area contributed by atoms with E-state index in [-0.39, 0.29) is 0 Å². The summed E-state index contributed by atoms with van der Waals surface area (Å²) in [4.78, 5) is 0. The Hall–Kier alpha value is -1.82. The Balaban J connectivity index is 1.86. The minimum absolute atomic E-state index is 0.708. The topological polar surface area (TPSA) is 0 Å². The van der Waals surface area contributed by atoms with Crippen LogP contribution < -0.4 is 0 Å². The Morgan fingerprint density at radius 1 is 0.727 bits per heavy atom. The van der Waals surface area contributed by atoms with Gasteiger partial charge in [0, 0.05) is 0 Å². The molecular weight excluding hydrogens is 264 g/mol. The van der Waals surface area contributed by atoms with Crippen LogP contribution in [-0.2, 0) is 0 Å². The molecule has 4 unspecified atom stereocenters. The zero-order chi connectivity index (χ0) is 15.0. The van der Waals surface area contributed by atoms with E-state index in [9.17, 15) is 0 Å². The van der Waals surface area contributed by atoms with Crippen molar-refractivity contribution in [3.8, 4) is 11.1 Å². The summed E-state index contributed by atoms with van der Waals surface area (Å²) in [5.74, 6) is 2.93. The first-order chi connectivity index (χ1) is 10.6. The third kappa shape index (κ3) is 1.48. The van der Waals surface area contributed by atoms with E-state index in [0.717, 1.165) is 11.8 Å². The van der Waals surface area contributed by atoms with E-state index in [0.29, 0.717) is 11.8 Å². The molecular formula is C22H22. The molecule has 0 nitrogen and oxygen atoms in total. The highest BCUT2D eigenvalue weighted by atomic mass is 14.5. The molecule has 0 heterocycles. The van der Waals surface area contributed by atoms with E-state index in [1.807, 2.05) is 0 Å². The van der Waals surface area contributed by atoms with Crippen molar-refractivity contribution in [2.75, 3.05) is 0 Å². The standard InChI is InChI=1S/C22H22/c1-12-4-7-17-18(8-12)19-9-13(2)14(3)10-20(19)22-16-6-5-15(11-16)21(17)22/h4-10,15-16,21-22H,11H2,1-3H3. The van der Waals surface area contributed by atoms with Gasteiger partial charge >= 0.3 is 0 Å². The highest BCUT2D eigenvalue weighted by molar-refractivity contribution is 5.78. The van der Waals surface area contributed by atoms with Crippen molar-refractivity contribution in [2.45, 2.75) is 39.0 Å². The van der Waals surface area contributed by atoms with E-state index >= 15 is 0 Å². The molecule has 0 spiro atoms. The maximum atomic E-state index is 2.49. The zero-order valence-corrected chi connectivity index (χ0v) is 13.6. The van der Waals surface area contributed by atoms with Gasteiger partial charge in [0.2, 0.25) is 0 Å². The van der Waals surface area contributed by atoms with Crippen LogP contribution in [0.4, 0.5) is 0 Å². The molecule has 2 bridgehead atoms. The number of hydrogen-bond donors (Lipinski definition) is 0. The van der Waals surface area contributed by atoms with Gasteiger partial charge in [0.1, 0.15) is 0 Å². The third-order valence-electron chi connectivity index (χ3n) is 6.34. The van der Waals surface area contributed by atoms with Crippen LogP contribution in [-0.4, -0.2) is 0 Å². The maximum absolute atomic E-state index is 2.49. The van der Waals surface area contributed by atoms with E-state index < -0.39 is 0 Å². The average Bonchev–Trinajstić information content (AvgIpc) is 3.10. The highest BCUT2D eigenvalue weighted by Crippen LogP contribution is 2.62. The fourth-order valence-electron chi connectivity index (χ4n) is 5.21. The minimum atomic E-state index is 0.708. The predicted molar refractivity (Wildman–Crippen MR) is 92.3 cm³/mol. The number of benzene rings is 2. The summed E-state index contributed by atoms with van der Waals surface area (Å²) in [6, 6.07) is 12.1. The number of aryl methyl sites for hydroxylation is 3. The molecule has 0 heteroatoms. The lowest BCUT2D eigenvalue weighted by atomic mass is 9.66. The monoisotopic (exact) mass is 286 g/mol. The van der Waals surface area contributed by atoms with Gasteiger partial charge in [-0.1, -0.05) is 48.0 Å². The summed E-state index contributed by atoms with van der Waals surface area (Å²) in [6.07, 6.45) is 6.33. The van der Waals surface area contributed by atoms with Gasteiger partial charge in [0.25, 0.3) is 0 Å². The second kappa shape index (κ2) is 4.13. The molecule has 2 aromatic rings. The number of fused-ring (bicyclic) bond motifs is 10. The average molecular weight is 286 g/mol. The lowest BCUT2D eigenvalue weighted by Gasteiger charge is -2.37. The molecule has 3 aliphatic rings. The summed E-state index contributed by atoms with van der Waals surface area (Å²) >= 11 is 0. The molecule has 0 N–H and O–H groups in total. The van der Waals surface area contributed by atoms with Crippen LogP contribution in [0.5, 0.6) is 0 Å². The molecule has 1 saturated carbocycles. The molecule has 3 aliphatic carbocycles. The van der Waals surface area contributed by atoms with Crippen LogP contribution in [0.2, 0.25) is 0 Å². The predicted octanol–water partition coefficient (Wildman–Crippen LogP) is 5.67. The Bertz CT molecular complexity index is 824. The van der Waals surface area contributed by atoms with Crippen LogP contribution in [0.3, 0.4) is 0 Å². The normalized spacial score (nSPS) is 30.1. The lowest BCUT2D eigenvalue weighted by Crippen LogP contribution is -2.22. The van der Waals surface area contributed by atoms with Crippen molar-refractivity contribution in [2.24, 2.45) is 11.8 Å². The molecule has 0 radical (unpaired) electrons. The van der Waals surface area contributed by atoms with Crippen molar-refractivity contribution in [1.29, 1.82) is 0 Å².